The van der Waals surface area contributed by atoms with Crippen molar-refractivity contribution in [3.8, 4) is 0 Å². The van der Waals surface area contributed by atoms with Gasteiger partial charge in [-0.2, -0.15) is 0 Å². The molecule has 134 valence electrons. The van der Waals surface area contributed by atoms with Crippen LogP contribution in [0.4, 0.5) is 5.69 Å². The fourth-order valence-electron chi connectivity index (χ4n) is 2.66. The van der Waals surface area contributed by atoms with E-state index < -0.39 is 0 Å². The van der Waals surface area contributed by atoms with Gasteiger partial charge in [0.1, 0.15) is 5.58 Å². The van der Waals surface area contributed by atoms with E-state index in [1.54, 1.807) is 37.6 Å². The molecule has 2 amide bonds. The van der Waals surface area contributed by atoms with Gasteiger partial charge < -0.3 is 14.6 Å². The predicted octanol–water partition coefficient (Wildman–Crippen LogP) is 4.03. The number of halogens is 1. The molecule has 0 bridgehead atoms. The third-order valence-electron chi connectivity index (χ3n) is 4.09. The first-order valence-corrected chi connectivity index (χ1v) is 8.56. The van der Waals surface area contributed by atoms with Gasteiger partial charge >= 0.3 is 0 Å². The van der Waals surface area contributed by atoms with Crippen molar-refractivity contribution < 1.29 is 14.0 Å². The Hall–Kier alpha value is -2.79. The van der Waals surface area contributed by atoms with Gasteiger partial charge in [-0.1, -0.05) is 23.7 Å². The molecular formula is C20H19ClN2O3. The van der Waals surface area contributed by atoms with E-state index in [4.69, 9.17) is 16.0 Å². The van der Waals surface area contributed by atoms with Crippen LogP contribution in [0.25, 0.3) is 11.0 Å². The summed E-state index contributed by atoms with van der Waals surface area (Å²) in [6, 6.07) is 12.7. The van der Waals surface area contributed by atoms with E-state index >= 15 is 0 Å². The zero-order valence-corrected chi connectivity index (χ0v) is 15.3. The third kappa shape index (κ3) is 4.24. The fraction of sp³-hybridized carbons (Fsp3) is 0.200. The molecule has 2 aromatic carbocycles. The lowest BCUT2D eigenvalue weighted by molar-refractivity contribution is -0.132. The summed E-state index contributed by atoms with van der Waals surface area (Å²) in [6.07, 6.45) is 1.78. The van der Waals surface area contributed by atoms with Crippen LogP contribution < -0.4 is 5.32 Å². The lowest BCUT2D eigenvalue weighted by atomic mass is 10.1. The maximum atomic E-state index is 12.4. The highest BCUT2D eigenvalue weighted by atomic mass is 35.5. The number of benzene rings is 2. The molecule has 1 heterocycles. The first kappa shape index (κ1) is 18.0. The maximum Gasteiger partial charge on any atom is 0.243 e. The maximum absolute atomic E-state index is 12.4. The van der Waals surface area contributed by atoms with Gasteiger partial charge in [-0.15, -0.1) is 0 Å². The molecule has 0 atom stereocenters. The van der Waals surface area contributed by atoms with E-state index in [9.17, 15) is 9.59 Å². The molecule has 0 spiro atoms. The molecule has 26 heavy (non-hydrogen) atoms. The predicted molar refractivity (Wildman–Crippen MR) is 102 cm³/mol. The van der Waals surface area contributed by atoms with Gasteiger partial charge in [0.05, 0.1) is 19.2 Å². The van der Waals surface area contributed by atoms with Crippen molar-refractivity contribution >= 4 is 40.1 Å². The van der Waals surface area contributed by atoms with Crippen molar-refractivity contribution in [3.63, 3.8) is 0 Å². The van der Waals surface area contributed by atoms with Crippen molar-refractivity contribution in [2.75, 3.05) is 18.9 Å². The summed E-state index contributed by atoms with van der Waals surface area (Å²) in [5.74, 6) is -0.421. The number of nitrogens with one attached hydrogen (secondary N) is 1. The van der Waals surface area contributed by atoms with Crippen molar-refractivity contribution in [3.05, 3.63) is 64.9 Å². The number of rotatable bonds is 5. The highest BCUT2D eigenvalue weighted by molar-refractivity contribution is 6.30. The zero-order valence-electron chi connectivity index (χ0n) is 14.6. The fourth-order valence-corrected chi connectivity index (χ4v) is 2.79. The molecule has 0 saturated carbocycles. The van der Waals surface area contributed by atoms with Crippen LogP contribution >= 0.6 is 11.6 Å². The molecule has 3 aromatic rings. The van der Waals surface area contributed by atoms with Crippen LogP contribution in [0.3, 0.4) is 0 Å². The Morgan fingerprint density at radius 1 is 1.15 bits per heavy atom. The molecule has 0 aliphatic rings. The summed E-state index contributed by atoms with van der Waals surface area (Å²) in [7, 11) is 1.61. The number of hydrogen-bond acceptors (Lipinski definition) is 3. The van der Waals surface area contributed by atoms with Crippen LogP contribution in [0.15, 0.2) is 53.1 Å². The highest BCUT2D eigenvalue weighted by Crippen LogP contribution is 2.23. The molecule has 0 saturated heterocycles. The van der Waals surface area contributed by atoms with Crippen LogP contribution in [0, 0.1) is 6.92 Å². The summed E-state index contributed by atoms with van der Waals surface area (Å²) >= 11 is 5.82. The average molecular weight is 371 g/mol. The van der Waals surface area contributed by atoms with Crippen LogP contribution in [0.5, 0.6) is 0 Å². The van der Waals surface area contributed by atoms with Crippen LogP contribution in [0.2, 0.25) is 5.02 Å². The van der Waals surface area contributed by atoms with Crippen LogP contribution in [-0.2, 0) is 16.0 Å². The van der Waals surface area contributed by atoms with Crippen LogP contribution in [0.1, 0.15) is 11.1 Å². The van der Waals surface area contributed by atoms with Crippen molar-refractivity contribution in [2.45, 2.75) is 13.3 Å². The molecule has 5 nitrogen and oxygen atoms in total. The summed E-state index contributed by atoms with van der Waals surface area (Å²) in [6.45, 7) is 1.95. The Morgan fingerprint density at radius 2 is 1.88 bits per heavy atom. The smallest absolute Gasteiger partial charge is 0.243 e. The Kier molecular flexibility index (Phi) is 5.28. The van der Waals surface area contributed by atoms with Crippen LogP contribution in [-0.4, -0.2) is 30.3 Å². The Balaban J connectivity index is 1.60. The highest BCUT2D eigenvalue weighted by Gasteiger charge is 2.16. The molecule has 0 unspecified atom stereocenters. The van der Waals surface area contributed by atoms with E-state index in [2.05, 4.69) is 5.32 Å². The zero-order chi connectivity index (χ0) is 18.7. The van der Waals surface area contributed by atoms with Gasteiger partial charge in [-0.05, 0) is 42.8 Å². The number of carbonyl (C=O) groups is 2. The Labute approximate surface area is 156 Å². The molecule has 0 radical (unpaired) electrons. The lowest BCUT2D eigenvalue weighted by Crippen LogP contribution is -2.35. The standard InChI is InChI=1S/C20H19ClN2O3/c1-13-3-8-17-14(12-26-18(17)9-13)10-20(25)23(2)11-19(24)22-16-6-4-15(21)5-7-16/h3-9,12H,10-11H2,1-2H3,(H,22,24). The number of amides is 2. The molecule has 1 N–H and O–H groups in total. The summed E-state index contributed by atoms with van der Waals surface area (Å²) in [5.41, 5.74) is 3.31. The quantitative estimate of drug-likeness (QED) is 0.737. The molecule has 1 aromatic heterocycles. The molecule has 0 aliphatic heterocycles. The molecule has 6 heteroatoms. The second kappa shape index (κ2) is 7.62. The summed E-state index contributed by atoms with van der Waals surface area (Å²) < 4.78 is 5.52. The minimum Gasteiger partial charge on any atom is -0.464 e. The van der Waals surface area contributed by atoms with Crippen molar-refractivity contribution in [2.24, 2.45) is 0 Å². The van der Waals surface area contributed by atoms with Gasteiger partial charge in [-0.3, -0.25) is 9.59 Å². The number of furan rings is 1. The van der Waals surface area contributed by atoms with Gasteiger partial charge in [0.25, 0.3) is 0 Å². The average Bonchev–Trinajstić information content (AvgIpc) is 2.98. The minimum absolute atomic E-state index is 0.0314. The van der Waals surface area contributed by atoms with E-state index in [0.717, 1.165) is 22.1 Å². The lowest BCUT2D eigenvalue weighted by Gasteiger charge is -2.16. The number of hydrogen-bond donors (Lipinski definition) is 1. The van der Waals surface area contributed by atoms with Crippen molar-refractivity contribution in [1.82, 2.24) is 4.90 Å². The Bertz CT molecular complexity index is 947. The van der Waals surface area contributed by atoms with Gasteiger partial charge in [0.15, 0.2) is 0 Å². The van der Waals surface area contributed by atoms with E-state index in [-0.39, 0.29) is 24.8 Å². The second-order valence-electron chi connectivity index (χ2n) is 6.24. The molecule has 0 aliphatic carbocycles. The van der Waals surface area contributed by atoms with E-state index in [1.807, 2.05) is 25.1 Å². The normalized spacial score (nSPS) is 10.7. The number of aryl methyl sites for hydroxylation is 1. The first-order chi connectivity index (χ1) is 12.4. The number of anilines is 1. The SMILES string of the molecule is Cc1ccc2c(CC(=O)N(C)CC(=O)Nc3ccc(Cl)cc3)coc2c1. The van der Waals surface area contributed by atoms with Gasteiger partial charge in [0.2, 0.25) is 11.8 Å². The van der Waals surface area contributed by atoms with E-state index in [1.165, 1.54) is 4.90 Å². The monoisotopic (exact) mass is 370 g/mol. The largest absolute Gasteiger partial charge is 0.464 e. The Morgan fingerprint density at radius 3 is 2.62 bits per heavy atom. The molecule has 0 fully saturated rings. The van der Waals surface area contributed by atoms with Crippen molar-refractivity contribution in [1.29, 1.82) is 0 Å². The number of nitrogens with zero attached hydrogens (tertiary/aromatic N) is 1. The number of likely N-dealkylation sites (N-methyl/N-ethyl adjacent to an activating group) is 1. The number of fused-ring (bicyclic) bond motifs is 1. The minimum atomic E-state index is -0.268. The van der Waals surface area contributed by atoms with Gasteiger partial charge in [-0.25, -0.2) is 0 Å². The van der Waals surface area contributed by atoms with Gasteiger partial charge in [0, 0.05) is 28.7 Å². The summed E-state index contributed by atoms with van der Waals surface area (Å²) in [4.78, 5) is 25.9. The molecular weight excluding hydrogens is 352 g/mol. The topological polar surface area (TPSA) is 62.6 Å². The summed E-state index contributed by atoms with van der Waals surface area (Å²) in [5, 5.41) is 4.25. The first-order valence-electron chi connectivity index (χ1n) is 8.18. The van der Waals surface area contributed by atoms with E-state index in [0.29, 0.717) is 10.7 Å². The molecule has 3 rings (SSSR count). The second-order valence-corrected chi connectivity index (χ2v) is 6.68. The number of carbonyl (C=O) groups excluding carboxylic acids is 2. The third-order valence-corrected chi connectivity index (χ3v) is 4.34.